The number of benzene rings is 1. The largest absolute Gasteiger partial charge is 0.0651 e. The Bertz CT molecular complexity index is 503. The van der Waals surface area contributed by atoms with E-state index in [4.69, 9.17) is 0 Å². The van der Waals surface area contributed by atoms with Gasteiger partial charge in [-0.3, -0.25) is 0 Å². The van der Waals surface area contributed by atoms with E-state index in [9.17, 15) is 0 Å². The highest BCUT2D eigenvalue weighted by Gasteiger charge is 2.52. The van der Waals surface area contributed by atoms with Crippen LogP contribution < -0.4 is 0 Å². The average molecular weight is 268 g/mol. The molecule has 2 saturated carbocycles. The molecule has 0 amide bonds. The van der Waals surface area contributed by atoms with Crippen LogP contribution >= 0.6 is 0 Å². The summed E-state index contributed by atoms with van der Waals surface area (Å²) < 4.78 is 0. The molecule has 0 aromatic heterocycles. The summed E-state index contributed by atoms with van der Waals surface area (Å²) in [6.07, 6.45) is 10.1. The Balaban J connectivity index is 1.77. The Morgan fingerprint density at radius 1 is 1.15 bits per heavy atom. The summed E-state index contributed by atoms with van der Waals surface area (Å²) in [4.78, 5) is 0. The van der Waals surface area contributed by atoms with E-state index in [2.05, 4.69) is 38.1 Å². The van der Waals surface area contributed by atoms with E-state index >= 15 is 0 Å². The Morgan fingerprint density at radius 2 is 2.00 bits per heavy atom. The zero-order chi connectivity index (χ0) is 13.7. The maximum atomic E-state index is 2.61. The van der Waals surface area contributed by atoms with Crippen molar-refractivity contribution < 1.29 is 0 Å². The van der Waals surface area contributed by atoms with Gasteiger partial charge in [0, 0.05) is 0 Å². The molecule has 3 aliphatic carbocycles. The maximum absolute atomic E-state index is 2.61. The van der Waals surface area contributed by atoms with E-state index in [-0.39, 0.29) is 0 Å². The van der Waals surface area contributed by atoms with E-state index in [1.54, 1.807) is 11.1 Å². The first-order chi connectivity index (χ1) is 9.73. The molecule has 0 nitrogen and oxygen atoms in total. The lowest BCUT2D eigenvalue weighted by molar-refractivity contribution is 0.0248. The summed E-state index contributed by atoms with van der Waals surface area (Å²) >= 11 is 0. The molecule has 20 heavy (non-hydrogen) atoms. The van der Waals surface area contributed by atoms with Crippen LogP contribution in [-0.4, -0.2) is 0 Å². The SMILES string of the molecule is CC[C@@H]1Cc2ccccc2[C@H]2CC[C@]3(C)CCC[C@H]3[C@H]12. The molecule has 0 bridgehead atoms. The molecular formula is C20H28. The van der Waals surface area contributed by atoms with Gasteiger partial charge in [0.15, 0.2) is 0 Å². The zero-order valence-electron chi connectivity index (χ0n) is 13.1. The fraction of sp³-hybridized carbons (Fsp3) is 0.700. The third-order valence-corrected chi connectivity index (χ3v) is 7.12. The third-order valence-electron chi connectivity index (χ3n) is 7.12. The number of hydrogen-bond donors (Lipinski definition) is 0. The zero-order valence-corrected chi connectivity index (χ0v) is 13.1. The molecule has 0 heteroatoms. The Hall–Kier alpha value is -0.780. The molecule has 5 atom stereocenters. The summed E-state index contributed by atoms with van der Waals surface area (Å²) in [6.45, 7) is 5.03. The van der Waals surface area contributed by atoms with Crippen LogP contribution in [0.5, 0.6) is 0 Å². The van der Waals surface area contributed by atoms with Gasteiger partial charge in [0.05, 0.1) is 0 Å². The van der Waals surface area contributed by atoms with Gasteiger partial charge in [0.25, 0.3) is 0 Å². The van der Waals surface area contributed by atoms with Gasteiger partial charge in [0.1, 0.15) is 0 Å². The van der Waals surface area contributed by atoms with Crippen LogP contribution in [-0.2, 0) is 6.42 Å². The van der Waals surface area contributed by atoms with Gasteiger partial charge in [-0.1, -0.05) is 51.0 Å². The van der Waals surface area contributed by atoms with Crippen LogP contribution in [0.4, 0.5) is 0 Å². The molecule has 0 saturated heterocycles. The number of fused-ring (bicyclic) bond motifs is 5. The van der Waals surface area contributed by atoms with Crippen molar-refractivity contribution in [1.82, 2.24) is 0 Å². The Labute approximate surface area is 124 Å². The van der Waals surface area contributed by atoms with Crippen molar-refractivity contribution in [2.75, 3.05) is 0 Å². The van der Waals surface area contributed by atoms with Crippen LogP contribution in [0.3, 0.4) is 0 Å². The molecule has 0 N–H and O–H groups in total. The fourth-order valence-corrected chi connectivity index (χ4v) is 6.12. The van der Waals surface area contributed by atoms with Gasteiger partial charge in [-0.05, 0) is 72.3 Å². The second-order valence-corrected chi connectivity index (χ2v) is 7.95. The molecule has 108 valence electrons. The number of rotatable bonds is 1. The third kappa shape index (κ3) is 1.73. The molecule has 0 aliphatic heterocycles. The maximum Gasteiger partial charge on any atom is -0.0125 e. The van der Waals surface area contributed by atoms with Gasteiger partial charge in [-0.2, -0.15) is 0 Å². The molecular weight excluding hydrogens is 240 g/mol. The van der Waals surface area contributed by atoms with Crippen molar-refractivity contribution in [3.8, 4) is 0 Å². The predicted octanol–water partition coefficient (Wildman–Crippen LogP) is 5.57. The van der Waals surface area contributed by atoms with Gasteiger partial charge < -0.3 is 0 Å². The lowest BCUT2D eigenvalue weighted by atomic mass is 9.52. The molecule has 4 rings (SSSR count). The van der Waals surface area contributed by atoms with Crippen molar-refractivity contribution in [3.63, 3.8) is 0 Å². The van der Waals surface area contributed by atoms with E-state index in [0.717, 1.165) is 23.7 Å². The minimum Gasteiger partial charge on any atom is -0.0651 e. The standard InChI is InChI=1S/C20H28/c1-3-14-13-15-7-4-5-8-16(15)17-10-12-20(2)11-6-9-18(20)19(14)17/h4-5,7-8,14,17-19H,3,6,9-13H2,1-2H3/t14-,17-,18+,19-,20+/m1/s1. The van der Waals surface area contributed by atoms with E-state index in [0.29, 0.717) is 5.41 Å². The van der Waals surface area contributed by atoms with Crippen LogP contribution in [0, 0.1) is 23.2 Å². The summed E-state index contributed by atoms with van der Waals surface area (Å²) in [7, 11) is 0. The van der Waals surface area contributed by atoms with Crippen molar-refractivity contribution in [2.24, 2.45) is 23.2 Å². The topological polar surface area (TPSA) is 0 Å². The minimum atomic E-state index is 0.681. The van der Waals surface area contributed by atoms with Crippen molar-refractivity contribution >= 4 is 0 Å². The van der Waals surface area contributed by atoms with Gasteiger partial charge in [0.2, 0.25) is 0 Å². The molecule has 0 spiro atoms. The van der Waals surface area contributed by atoms with E-state index in [1.807, 2.05) is 0 Å². The van der Waals surface area contributed by atoms with Gasteiger partial charge >= 0.3 is 0 Å². The Kier molecular flexibility index (Phi) is 2.98. The summed E-state index contributed by atoms with van der Waals surface area (Å²) in [5.74, 6) is 3.81. The fourth-order valence-electron chi connectivity index (χ4n) is 6.12. The molecule has 1 aromatic rings. The predicted molar refractivity (Wildman–Crippen MR) is 84.8 cm³/mol. The molecule has 0 unspecified atom stereocenters. The quantitative estimate of drug-likeness (QED) is 0.624. The van der Waals surface area contributed by atoms with E-state index in [1.165, 1.54) is 44.9 Å². The monoisotopic (exact) mass is 268 g/mol. The lowest BCUT2D eigenvalue weighted by Gasteiger charge is -2.52. The first-order valence-electron chi connectivity index (χ1n) is 8.81. The van der Waals surface area contributed by atoms with Crippen LogP contribution in [0.25, 0.3) is 0 Å². The smallest absolute Gasteiger partial charge is 0.0125 e. The second kappa shape index (κ2) is 4.61. The average Bonchev–Trinajstić information content (AvgIpc) is 2.87. The highest BCUT2D eigenvalue weighted by atomic mass is 14.6. The molecule has 0 heterocycles. The summed E-state index contributed by atoms with van der Waals surface area (Å²) in [6, 6.07) is 9.35. The van der Waals surface area contributed by atoms with Crippen LogP contribution in [0.1, 0.15) is 69.4 Å². The van der Waals surface area contributed by atoms with Gasteiger partial charge in [-0.15, -0.1) is 0 Å². The molecule has 0 radical (unpaired) electrons. The van der Waals surface area contributed by atoms with Crippen LogP contribution in [0.15, 0.2) is 24.3 Å². The van der Waals surface area contributed by atoms with E-state index < -0.39 is 0 Å². The van der Waals surface area contributed by atoms with Crippen molar-refractivity contribution in [2.45, 2.75) is 64.7 Å². The normalized spacial score (nSPS) is 42.7. The minimum absolute atomic E-state index is 0.681. The summed E-state index contributed by atoms with van der Waals surface area (Å²) in [5, 5.41) is 0. The number of hydrogen-bond acceptors (Lipinski definition) is 0. The molecule has 3 aliphatic rings. The highest BCUT2D eigenvalue weighted by molar-refractivity contribution is 5.35. The van der Waals surface area contributed by atoms with Crippen molar-refractivity contribution in [3.05, 3.63) is 35.4 Å². The van der Waals surface area contributed by atoms with Gasteiger partial charge in [-0.25, -0.2) is 0 Å². The first-order valence-corrected chi connectivity index (χ1v) is 8.81. The van der Waals surface area contributed by atoms with Crippen molar-refractivity contribution in [1.29, 1.82) is 0 Å². The first kappa shape index (κ1) is 12.9. The molecule has 1 aromatic carbocycles. The Morgan fingerprint density at radius 3 is 2.85 bits per heavy atom. The molecule has 2 fully saturated rings. The highest BCUT2D eigenvalue weighted by Crippen LogP contribution is 2.62. The summed E-state index contributed by atoms with van der Waals surface area (Å²) in [5.41, 5.74) is 4.07. The second-order valence-electron chi connectivity index (χ2n) is 7.95. The lowest BCUT2D eigenvalue weighted by Crippen LogP contribution is -2.43. The van der Waals surface area contributed by atoms with Crippen LogP contribution in [0.2, 0.25) is 0 Å².